The summed E-state index contributed by atoms with van der Waals surface area (Å²) < 4.78 is 0. The molecule has 16 heavy (non-hydrogen) atoms. The van der Waals surface area contributed by atoms with Crippen LogP contribution in [0.1, 0.15) is 41.0 Å². The summed E-state index contributed by atoms with van der Waals surface area (Å²) in [7, 11) is 0. The van der Waals surface area contributed by atoms with Crippen LogP contribution in [-0.4, -0.2) is 16.5 Å². The van der Waals surface area contributed by atoms with Gasteiger partial charge < -0.3 is 0 Å². The molecule has 1 rings (SSSR count). The zero-order valence-electron chi connectivity index (χ0n) is 11.0. The molecule has 2 nitrogen and oxygen atoms in total. The van der Waals surface area contributed by atoms with Crippen LogP contribution in [0.3, 0.4) is 0 Å². The van der Waals surface area contributed by atoms with E-state index in [1.54, 1.807) is 19.3 Å². The standard InChI is InChI=1S/C8H9NOS.C3H8.C2H6/c1-7(10)6-11-8-2-4-9-5-3-8;1-3-2;1-2/h2-5H,6H2,1H3;3H2,1-2H3;1-2H3. The number of rotatable bonds is 3. The Kier molecular flexibility index (Phi) is 15.6. The Morgan fingerprint density at radius 2 is 1.69 bits per heavy atom. The van der Waals surface area contributed by atoms with Crippen LogP contribution in [0.25, 0.3) is 0 Å². The average molecular weight is 241 g/mol. The van der Waals surface area contributed by atoms with E-state index in [0.29, 0.717) is 5.75 Å². The van der Waals surface area contributed by atoms with Gasteiger partial charge in [0.1, 0.15) is 5.78 Å². The molecule has 1 aromatic heterocycles. The maximum Gasteiger partial charge on any atom is 0.140 e. The summed E-state index contributed by atoms with van der Waals surface area (Å²) >= 11 is 1.54. The van der Waals surface area contributed by atoms with Gasteiger partial charge in [-0.2, -0.15) is 0 Å². The van der Waals surface area contributed by atoms with Crippen LogP contribution >= 0.6 is 11.8 Å². The zero-order chi connectivity index (χ0) is 12.8. The highest BCUT2D eigenvalue weighted by atomic mass is 32.2. The van der Waals surface area contributed by atoms with Crippen LogP contribution in [-0.2, 0) is 4.79 Å². The lowest BCUT2D eigenvalue weighted by molar-refractivity contribution is -0.114. The molecule has 92 valence electrons. The Morgan fingerprint density at radius 3 is 2.06 bits per heavy atom. The van der Waals surface area contributed by atoms with Crippen LogP contribution in [0, 0.1) is 0 Å². The minimum Gasteiger partial charge on any atom is -0.299 e. The lowest BCUT2D eigenvalue weighted by Gasteiger charge is -1.95. The molecule has 0 aliphatic heterocycles. The monoisotopic (exact) mass is 241 g/mol. The number of aromatic nitrogens is 1. The number of carbonyl (C=O) groups excluding carboxylic acids is 1. The van der Waals surface area contributed by atoms with E-state index in [1.807, 2.05) is 26.0 Å². The molecule has 0 spiro atoms. The van der Waals surface area contributed by atoms with Gasteiger partial charge >= 0.3 is 0 Å². The first-order valence-corrected chi connectivity index (χ1v) is 6.71. The fourth-order valence-corrected chi connectivity index (χ4v) is 1.30. The van der Waals surface area contributed by atoms with Crippen molar-refractivity contribution in [2.75, 3.05) is 5.75 Å². The summed E-state index contributed by atoms with van der Waals surface area (Å²) in [5, 5.41) is 0. The summed E-state index contributed by atoms with van der Waals surface area (Å²) in [4.78, 5) is 15.5. The van der Waals surface area contributed by atoms with E-state index < -0.39 is 0 Å². The number of hydrogen-bond donors (Lipinski definition) is 0. The van der Waals surface area contributed by atoms with Crippen molar-refractivity contribution < 1.29 is 4.79 Å². The number of ketones is 1. The summed E-state index contributed by atoms with van der Waals surface area (Å²) in [6.45, 7) is 9.84. The van der Waals surface area contributed by atoms with E-state index in [0.717, 1.165) is 4.90 Å². The Morgan fingerprint density at radius 1 is 1.25 bits per heavy atom. The maximum atomic E-state index is 10.6. The quantitative estimate of drug-likeness (QED) is 0.743. The van der Waals surface area contributed by atoms with Crippen molar-refractivity contribution in [1.82, 2.24) is 4.98 Å². The lowest BCUT2D eigenvalue weighted by Crippen LogP contribution is -1.92. The molecular weight excluding hydrogens is 218 g/mol. The highest BCUT2D eigenvalue weighted by molar-refractivity contribution is 8.00. The highest BCUT2D eigenvalue weighted by Gasteiger charge is 1.94. The Labute approximate surface area is 104 Å². The molecule has 0 aromatic carbocycles. The normalized spacial score (nSPS) is 8.06. The predicted octanol–water partition coefficient (Wildman–Crippen LogP) is 4.21. The first-order valence-electron chi connectivity index (χ1n) is 5.73. The molecule has 0 aliphatic carbocycles. The van der Waals surface area contributed by atoms with Crippen molar-refractivity contribution in [3.8, 4) is 0 Å². The molecule has 0 bridgehead atoms. The zero-order valence-corrected chi connectivity index (χ0v) is 11.8. The van der Waals surface area contributed by atoms with Gasteiger partial charge in [0.05, 0.1) is 5.75 Å². The third-order valence-electron chi connectivity index (χ3n) is 1.09. The minimum absolute atomic E-state index is 0.201. The van der Waals surface area contributed by atoms with Gasteiger partial charge in [0.2, 0.25) is 0 Å². The predicted molar refractivity (Wildman–Crippen MR) is 73.0 cm³/mol. The third-order valence-corrected chi connectivity index (χ3v) is 2.25. The fraction of sp³-hybridized carbons (Fsp3) is 0.538. The average Bonchev–Trinajstić information content (AvgIpc) is 2.31. The van der Waals surface area contributed by atoms with Crippen molar-refractivity contribution >= 4 is 17.5 Å². The van der Waals surface area contributed by atoms with Gasteiger partial charge in [0, 0.05) is 17.3 Å². The SMILES string of the molecule is CC.CC(=O)CSc1ccncc1.CCC. The summed E-state index contributed by atoms with van der Waals surface area (Å²) in [6.07, 6.45) is 4.70. The Balaban J connectivity index is 0. The van der Waals surface area contributed by atoms with E-state index in [4.69, 9.17) is 0 Å². The molecule has 0 unspecified atom stereocenters. The number of pyridine rings is 1. The van der Waals surface area contributed by atoms with Crippen LogP contribution in [0.2, 0.25) is 0 Å². The first kappa shape index (κ1) is 17.6. The Bertz CT molecular complexity index is 249. The van der Waals surface area contributed by atoms with Crippen LogP contribution in [0.4, 0.5) is 0 Å². The molecule has 0 N–H and O–H groups in total. The van der Waals surface area contributed by atoms with Gasteiger partial charge in [-0.1, -0.05) is 34.1 Å². The maximum absolute atomic E-state index is 10.6. The van der Waals surface area contributed by atoms with Crippen LogP contribution in [0.5, 0.6) is 0 Å². The second-order valence-corrected chi connectivity index (χ2v) is 3.93. The molecular formula is C13H23NOS. The topological polar surface area (TPSA) is 30.0 Å². The summed E-state index contributed by atoms with van der Waals surface area (Å²) in [5.74, 6) is 0.746. The van der Waals surface area contributed by atoms with Crippen molar-refractivity contribution in [2.45, 2.75) is 45.9 Å². The number of carbonyl (C=O) groups is 1. The van der Waals surface area contributed by atoms with Gasteiger partial charge in [-0.15, -0.1) is 11.8 Å². The van der Waals surface area contributed by atoms with E-state index in [1.165, 1.54) is 18.2 Å². The Hall–Kier alpha value is -0.830. The molecule has 1 aromatic rings. The largest absolute Gasteiger partial charge is 0.299 e. The van der Waals surface area contributed by atoms with Crippen LogP contribution in [0.15, 0.2) is 29.4 Å². The smallest absolute Gasteiger partial charge is 0.140 e. The van der Waals surface area contributed by atoms with Gasteiger partial charge in [-0.25, -0.2) is 0 Å². The summed E-state index contributed by atoms with van der Waals surface area (Å²) in [5.41, 5.74) is 0. The highest BCUT2D eigenvalue weighted by Crippen LogP contribution is 2.15. The number of nitrogens with zero attached hydrogens (tertiary/aromatic N) is 1. The molecule has 0 amide bonds. The van der Waals surface area contributed by atoms with Gasteiger partial charge in [-0.3, -0.25) is 9.78 Å². The van der Waals surface area contributed by atoms with E-state index >= 15 is 0 Å². The number of hydrogen-bond acceptors (Lipinski definition) is 3. The van der Waals surface area contributed by atoms with E-state index in [9.17, 15) is 4.79 Å². The number of thioether (sulfide) groups is 1. The number of Topliss-reactive ketones (excluding diaryl/α,β-unsaturated/α-hetero) is 1. The first-order chi connectivity index (χ1) is 7.70. The second-order valence-electron chi connectivity index (χ2n) is 2.88. The molecule has 0 fully saturated rings. The van der Waals surface area contributed by atoms with E-state index in [-0.39, 0.29) is 5.78 Å². The van der Waals surface area contributed by atoms with Gasteiger partial charge in [-0.05, 0) is 19.1 Å². The van der Waals surface area contributed by atoms with Crippen molar-refractivity contribution in [3.05, 3.63) is 24.5 Å². The minimum atomic E-state index is 0.201. The van der Waals surface area contributed by atoms with Crippen molar-refractivity contribution in [1.29, 1.82) is 0 Å². The van der Waals surface area contributed by atoms with Crippen molar-refractivity contribution in [3.63, 3.8) is 0 Å². The van der Waals surface area contributed by atoms with Gasteiger partial charge in [0.15, 0.2) is 0 Å². The molecule has 0 atom stereocenters. The molecule has 0 radical (unpaired) electrons. The molecule has 0 aliphatic rings. The lowest BCUT2D eigenvalue weighted by atomic mass is 10.5. The molecule has 3 heteroatoms. The van der Waals surface area contributed by atoms with Crippen LogP contribution < -0.4 is 0 Å². The third kappa shape index (κ3) is 13.2. The van der Waals surface area contributed by atoms with Crippen molar-refractivity contribution in [2.24, 2.45) is 0 Å². The van der Waals surface area contributed by atoms with E-state index in [2.05, 4.69) is 18.8 Å². The molecule has 1 heterocycles. The fourth-order valence-electron chi connectivity index (χ4n) is 0.619. The van der Waals surface area contributed by atoms with Gasteiger partial charge in [0.25, 0.3) is 0 Å². The molecule has 0 saturated heterocycles. The second kappa shape index (κ2) is 14.2. The molecule has 0 saturated carbocycles. The summed E-state index contributed by atoms with van der Waals surface area (Å²) in [6, 6.07) is 3.79.